The molecule has 1 amide bonds. The second kappa shape index (κ2) is 7.39. The van der Waals surface area contributed by atoms with Crippen LogP contribution in [0.15, 0.2) is 24.3 Å². The zero-order valence-electron chi connectivity index (χ0n) is 10.5. The summed E-state index contributed by atoms with van der Waals surface area (Å²) in [6, 6.07) is 5.36. The summed E-state index contributed by atoms with van der Waals surface area (Å²) in [5.74, 6) is -0.641. The third-order valence-corrected chi connectivity index (χ3v) is 3.13. The monoisotopic (exact) mass is 308 g/mol. The van der Waals surface area contributed by atoms with Crippen LogP contribution in [0.4, 0.5) is 13.2 Å². The van der Waals surface area contributed by atoms with E-state index in [2.05, 4.69) is 5.32 Å². The summed E-state index contributed by atoms with van der Waals surface area (Å²) >= 11 is -0.190. The molecule has 0 heterocycles. The summed E-state index contributed by atoms with van der Waals surface area (Å²) in [4.78, 5) is 11.6. The molecule has 1 aromatic carbocycles. The molecule has 8 heteroatoms. The van der Waals surface area contributed by atoms with Gasteiger partial charge in [-0.15, -0.1) is 0 Å². The Bertz CT molecular complexity index is 437. The van der Waals surface area contributed by atoms with E-state index in [0.29, 0.717) is 0 Å². The van der Waals surface area contributed by atoms with Crippen LogP contribution < -0.4 is 11.1 Å². The van der Waals surface area contributed by atoms with Crippen LogP contribution in [0.3, 0.4) is 0 Å². The van der Waals surface area contributed by atoms with E-state index in [1.165, 1.54) is 12.1 Å². The molecular weight excluding hydrogens is 293 g/mol. The predicted molar refractivity (Wildman–Crippen MR) is 71.3 cm³/mol. The molecule has 1 rings (SSSR count). The maximum Gasteiger partial charge on any atom is 0.441 e. The number of nitrogens with two attached hydrogens (primary N) is 1. The van der Waals surface area contributed by atoms with E-state index < -0.39 is 17.5 Å². The van der Waals surface area contributed by atoms with Gasteiger partial charge in [0.2, 0.25) is 5.91 Å². The molecule has 0 spiro atoms. The Hall–Kier alpha value is -1.41. The number of phenols is 1. The molecule has 0 aliphatic heterocycles. The summed E-state index contributed by atoms with van der Waals surface area (Å²) in [5, 5.41) is 11.5. The number of rotatable bonds is 6. The fourth-order valence-corrected chi connectivity index (χ4v) is 1.89. The van der Waals surface area contributed by atoms with Gasteiger partial charge in [-0.1, -0.05) is 12.1 Å². The van der Waals surface area contributed by atoms with Gasteiger partial charge in [0.25, 0.3) is 0 Å². The molecule has 1 aromatic rings. The number of carbonyl (C=O) groups is 1. The Kier molecular flexibility index (Phi) is 6.15. The van der Waals surface area contributed by atoms with Gasteiger partial charge in [0, 0.05) is 12.3 Å². The smallest absolute Gasteiger partial charge is 0.441 e. The van der Waals surface area contributed by atoms with Crippen molar-refractivity contribution in [1.29, 1.82) is 0 Å². The minimum absolute atomic E-state index is 0.0910. The Morgan fingerprint density at radius 2 is 1.95 bits per heavy atom. The van der Waals surface area contributed by atoms with Crippen molar-refractivity contribution >= 4 is 17.7 Å². The first-order chi connectivity index (χ1) is 9.28. The lowest BCUT2D eigenvalue weighted by Gasteiger charge is -2.12. The van der Waals surface area contributed by atoms with Crippen molar-refractivity contribution in [3.63, 3.8) is 0 Å². The van der Waals surface area contributed by atoms with E-state index in [1.807, 2.05) is 0 Å². The van der Waals surface area contributed by atoms with E-state index in [-0.39, 0.29) is 36.2 Å². The third-order valence-electron chi connectivity index (χ3n) is 2.40. The van der Waals surface area contributed by atoms with Gasteiger partial charge in [-0.05, 0) is 35.9 Å². The van der Waals surface area contributed by atoms with Gasteiger partial charge in [0.1, 0.15) is 5.75 Å². The number of benzene rings is 1. The van der Waals surface area contributed by atoms with Crippen LogP contribution in [0.5, 0.6) is 5.75 Å². The number of phenolic OH excluding ortho intramolecular Hbond substituents is 1. The zero-order chi connectivity index (χ0) is 15.2. The maximum absolute atomic E-state index is 11.9. The fraction of sp³-hybridized carbons (Fsp3) is 0.417. The molecule has 0 saturated heterocycles. The summed E-state index contributed by atoms with van der Waals surface area (Å²) in [6.07, 6.45) is 0.249. The first-order valence-electron chi connectivity index (χ1n) is 5.80. The molecular formula is C12H15F3N2O2S. The van der Waals surface area contributed by atoms with E-state index in [0.717, 1.165) is 5.56 Å². The SMILES string of the molecule is N[C@H](Cc1ccc(O)cc1)C(=O)NCCSC(F)(F)F. The maximum atomic E-state index is 11.9. The number of carbonyl (C=O) groups excluding carboxylic acids is 1. The van der Waals surface area contributed by atoms with Gasteiger partial charge < -0.3 is 16.2 Å². The fourth-order valence-electron chi connectivity index (χ4n) is 1.45. The number of aromatic hydroxyl groups is 1. The molecule has 4 nitrogen and oxygen atoms in total. The molecule has 0 radical (unpaired) electrons. The van der Waals surface area contributed by atoms with Crippen LogP contribution in [0.25, 0.3) is 0 Å². The average molecular weight is 308 g/mol. The van der Waals surface area contributed by atoms with Crippen molar-refractivity contribution < 1.29 is 23.1 Å². The van der Waals surface area contributed by atoms with E-state index >= 15 is 0 Å². The Labute approximate surface area is 118 Å². The largest absolute Gasteiger partial charge is 0.508 e. The van der Waals surface area contributed by atoms with Crippen molar-refractivity contribution in [2.45, 2.75) is 18.0 Å². The van der Waals surface area contributed by atoms with E-state index in [4.69, 9.17) is 10.8 Å². The van der Waals surface area contributed by atoms with Crippen molar-refractivity contribution in [3.8, 4) is 5.75 Å². The minimum Gasteiger partial charge on any atom is -0.508 e. The molecule has 4 N–H and O–H groups in total. The molecule has 0 bridgehead atoms. The molecule has 1 atom stereocenters. The van der Waals surface area contributed by atoms with Crippen molar-refractivity contribution in [3.05, 3.63) is 29.8 Å². The second-order valence-corrected chi connectivity index (χ2v) is 5.22. The van der Waals surface area contributed by atoms with Gasteiger partial charge in [0.15, 0.2) is 0 Å². The number of nitrogens with one attached hydrogen (secondary N) is 1. The third kappa shape index (κ3) is 6.67. The lowest BCUT2D eigenvalue weighted by Crippen LogP contribution is -2.42. The van der Waals surface area contributed by atoms with Crippen LogP contribution >= 0.6 is 11.8 Å². The van der Waals surface area contributed by atoms with Gasteiger partial charge in [-0.25, -0.2) is 0 Å². The molecule has 0 aromatic heterocycles. The Balaban J connectivity index is 2.30. The normalized spacial score (nSPS) is 13.0. The summed E-state index contributed by atoms with van der Waals surface area (Å²) in [7, 11) is 0. The lowest BCUT2D eigenvalue weighted by atomic mass is 10.1. The average Bonchev–Trinajstić information content (AvgIpc) is 2.36. The van der Waals surface area contributed by atoms with Crippen LogP contribution in [0.1, 0.15) is 5.56 Å². The van der Waals surface area contributed by atoms with Gasteiger partial charge in [-0.3, -0.25) is 4.79 Å². The number of amides is 1. The number of alkyl halides is 3. The predicted octanol–water partition coefficient (Wildman–Crippen LogP) is 1.63. The summed E-state index contributed by atoms with van der Waals surface area (Å²) in [5.41, 5.74) is 2.12. The van der Waals surface area contributed by atoms with Crippen molar-refractivity contribution in [2.75, 3.05) is 12.3 Å². The molecule has 0 aliphatic carbocycles. The summed E-state index contributed by atoms with van der Waals surface area (Å²) < 4.78 is 35.6. The highest BCUT2D eigenvalue weighted by Gasteiger charge is 2.27. The molecule has 0 aliphatic rings. The second-order valence-electron chi connectivity index (χ2n) is 4.06. The number of halogens is 3. The number of hydrogen-bond donors (Lipinski definition) is 3. The molecule has 0 saturated carbocycles. The van der Waals surface area contributed by atoms with E-state index in [9.17, 15) is 18.0 Å². The van der Waals surface area contributed by atoms with Crippen LogP contribution in [0.2, 0.25) is 0 Å². The highest BCUT2D eigenvalue weighted by Crippen LogP contribution is 2.29. The number of thioether (sulfide) groups is 1. The van der Waals surface area contributed by atoms with Crippen LogP contribution in [-0.4, -0.2) is 34.9 Å². The standard InChI is InChI=1S/C12H15F3N2O2S/c13-12(14,15)20-6-5-17-11(19)10(16)7-8-1-3-9(18)4-2-8/h1-4,10,18H,5-7,16H2,(H,17,19)/t10-/m1/s1. The Morgan fingerprint density at radius 3 is 2.50 bits per heavy atom. The molecule has 0 fully saturated rings. The Morgan fingerprint density at radius 1 is 1.35 bits per heavy atom. The molecule has 112 valence electrons. The van der Waals surface area contributed by atoms with Gasteiger partial charge in [-0.2, -0.15) is 13.2 Å². The van der Waals surface area contributed by atoms with Crippen molar-refractivity contribution in [2.24, 2.45) is 5.73 Å². The first kappa shape index (κ1) is 16.6. The van der Waals surface area contributed by atoms with E-state index in [1.54, 1.807) is 12.1 Å². The lowest BCUT2D eigenvalue weighted by molar-refractivity contribution is -0.122. The zero-order valence-corrected chi connectivity index (χ0v) is 11.3. The van der Waals surface area contributed by atoms with Crippen LogP contribution in [0, 0.1) is 0 Å². The first-order valence-corrected chi connectivity index (χ1v) is 6.78. The van der Waals surface area contributed by atoms with Gasteiger partial charge in [0.05, 0.1) is 6.04 Å². The highest BCUT2D eigenvalue weighted by molar-refractivity contribution is 8.00. The van der Waals surface area contributed by atoms with Crippen molar-refractivity contribution in [1.82, 2.24) is 5.32 Å². The van der Waals surface area contributed by atoms with Gasteiger partial charge >= 0.3 is 5.51 Å². The molecule has 20 heavy (non-hydrogen) atoms. The summed E-state index contributed by atoms with van der Waals surface area (Å²) in [6.45, 7) is -0.0910. The minimum atomic E-state index is -4.29. The highest BCUT2D eigenvalue weighted by atomic mass is 32.2. The number of hydrogen-bond acceptors (Lipinski definition) is 4. The molecule has 0 unspecified atom stereocenters. The van der Waals surface area contributed by atoms with Crippen LogP contribution in [-0.2, 0) is 11.2 Å². The quantitative estimate of drug-likeness (QED) is 0.698. The topological polar surface area (TPSA) is 75.3 Å².